The van der Waals surface area contributed by atoms with Crippen LogP contribution >= 0.6 is 11.8 Å². The predicted octanol–water partition coefficient (Wildman–Crippen LogP) is 0.726. The van der Waals surface area contributed by atoms with E-state index in [1.165, 1.54) is 0 Å². The highest BCUT2D eigenvalue weighted by atomic mass is 32.2. The summed E-state index contributed by atoms with van der Waals surface area (Å²) < 4.78 is 0. The van der Waals surface area contributed by atoms with Crippen molar-refractivity contribution in [3.63, 3.8) is 0 Å². The minimum absolute atomic E-state index is 0.0431. The van der Waals surface area contributed by atoms with E-state index in [0.29, 0.717) is 13.0 Å². The fraction of sp³-hybridized carbons (Fsp3) is 0.357. The Morgan fingerprint density at radius 2 is 2.00 bits per heavy atom. The molecule has 7 heteroatoms. The molecule has 1 aromatic carbocycles. The number of carbonyl (C=O) groups excluding carboxylic acids is 2. The Kier molecular flexibility index (Phi) is 5.21. The SMILES string of the molecule is O=C(O)CSCC(=O)NC1CCN(c2ccccc2)C1=O. The van der Waals surface area contributed by atoms with Crippen LogP contribution in [0.3, 0.4) is 0 Å². The molecule has 21 heavy (non-hydrogen) atoms. The zero-order valence-electron chi connectivity index (χ0n) is 11.3. The van der Waals surface area contributed by atoms with Crippen LogP contribution in [0.1, 0.15) is 6.42 Å². The van der Waals surface area contributed by atoms with Gasteiger partial charge >= 0.3 is 5.97 Å². The molecule has 1 saturated heterocycles. The molecule has 0 saturated carbocycles. The molecule has 112 valence electrons. The summed E-state index contributed by atoms with van der Waals surface area (Å²) >= 11 is 1.01. The number of benzene rings is 1. The Labute approximate surface area is 126 Å². The van der Waals surface area contributed by atoms with Gasteiger partial charge in [0.2, 0.25) is 11.8 Å². The monoisotopic (exact) mass is 308 g/mol. The number of para-hydroxylation sites is 1. The van der Waals surface area contributed by atoms with E-state index in [0.717, 1.165) is 17.4 Å². The second-order valence-corrected chi connectivity index (χ2v) is 5.61. The van der Waals surface area contributed by atoms with Crippen molar-refractivity contribution in [3.8, 4) is 0 Å². The molecule has 0 spiro atoms. The molecule has 1 atom stereocenters. The second kappa shape index (κ2) is 7.12. The summed E-state index contributed by atoms with van der Waals surface area (Å²) in [5.41, 5.74) is 0.819. The lowest BCUT2D eigenvalue weighted by Crippen LogP contribution is -2.42. The van der Waals surface area contributed by atoms with Crippen molar-refractivity contribution < 1.29 is 19.5 Å². The molecule has 1 aliphatic heterocycles. The summed E-state index contributed by atoms with van der Waals surface area (Å²) in [7, 11) is 0. The van der Waals surface area contributed by atoms with Gasteiger partial charge in [0.25, 0.3) is 0 Å². The van der Waals surface area contributed by atoms with Crippen molar-refractivity contribution in [2.45, 2.75) is 12.5 Å². The Morgan fingerprint density at radius 1 is 1.29 bits per heavy atom. The molecular formula is C14H16N2O4S. The molecular weight excluding hydrogens is 292 g/mol. The van der Waals surface area contributed by atoms with E-state index >= 15 is 0 Å². The first-order valence-corrected chi connectivity index (χ1v) is 7.68. The molecule has 1 heterocycles. The van der Waals surface area contributed by atoms with Gasteiger partial charge in [0.1, 0.15) is 6.04 Å². The summed E-state index contributed by atoms with van der Waals surface area (Å²) in [6.07, 6.45) is 0.559. The number of carboxylic acid groups (broad SMARTS) is 1. The minimum Gasteiger partial charge on any atom is -0.481 e. The first-order valence-electron chi connectivity index (χ1n) is 6.53. The number of nitrogens with one attached hydrogen (secondary N) is 1. The fourth-order valence-electron chi connectivity index (χ4n) is 2.15. The number of hydrogen-bond donors (Lipinski definition) is 2. The normalized spacial score (nSPS) is 17.8. The molecule has 6 nitrogen and oxygen atoms in total. The van der Waals surface area contributed by atoms with E-state index in [4.69, 9.17) is 5.11 Å². The Hall–Kier alpha value is -2.02. The highest BCUT2D eigenvalue weighted by Gasteiger charge is 2.33. The molecule has 2 rings (SSSR count). The third kappa shape index (κ3) is 4.22. The van der Waals surface area contributed by atoms with Gasteiger partial charge in [0.05, 0.1) is 11.5 Å². The smallest absolute Gasteiger partial charge is 0.313 e. The van der Waals surface area contributed by atoms with Gasteiger partial charge in [-0.15, -0.1) is 11.8 Å². The van der Waals surface area contributed by atoms with Crippen LogP contribution in [0.4, 0.5) is 5.69 Å². The summed E-state index contributed by atoms with van der Waals surface area (Å²) in [5.74, 6) is -1.48. The summed E-state index contributed by atoms with van der Waals surface area (Å²) in [6, 6.07) is 8.77. The third-order valence-corrected chi connectivity index (χ3v) is 3.98. The van der Waals surface area contributed by atoms with E-state index in [1.54, 1.807) is 4.90 Å². The average molecular weight is 308 g/mol. The van der Waals surface area contributed by atoms with Crippen molar-refractivity contribution in [2.24, 2.45) is 0 Å². The number of thioether (sulfide) groups is 1. The molecule has 1 aliphatic rings. The van der Waals surface area contributed by atoms with Crippen molar-refractivity contribution in [3.05, 3.63) is 30.3 Å². The Balaban J connectivity index is 1.85. The van der Waals surface area contributed by atoms with Gasteiger partial charge < -0.3 is 15.3 Å². The highest BCUT2D eigenvalue weighted by molar-refractivity contribution is 8.00. The van der Waals surface area contributed by atoms with E-state index < -0.39 is 12.0 Å². The largest absolute Gasteiger partial charge is 0.481 e. The van der Waals surface area contributed by atoms with Gasteiger partial charge in [0.15, 0.2) is 0 Å². The number of carbonyl (C=O) groups is 3. The molecule has 2 amide bonds. The van der Waals surface area contributed by atoms with Gasteiger partial charge in [-0.3, -0.25) is 14.4 Å². The lowest BCUT2D eigenvalue weighted by atomic mass is 10.2. The van der Waals surface area contributed by atoms with E-state index in [-0.39, 0.29) is 23.3 Å². The number of rotatable bonds is 6. The Bertz CT molecular complexity index is 535. The van der Waals surface area contributed by atoms with Gasteiger partial charge in [-0.25, -0.2) is 0 Å². The van der Waals surface area contributed by atoms with Crippen LogP contribution in [0.5, 0.6) is 0 Å². The number of carboxylic acids is 1. The number of amides is 2. The number of nitrogens with zero attached hydrogens (tertiary/aromatic N) is 1. The van der Waals surface area contributed by atoms with Crippen LogP contribution in [-0.4, -0.2) is 47.0 Å². The zero-order valence-corrected chi connectivity index (χ0v) is 12.1. The average Bonchev–Trinajstić information content (AvgIpc) is 2.81. The topological polar surface area (TPSA) is 86.7 Å². The van der Waals surface area contributed by atoms with Crippen molar-refractivity contribution in [1.29, 1.82) is 0 Å². The van der Waals surface area contributed by atoms with Gasteiger partial charge in [-0.05, 0) is 18.6 Å². The predicted molar refractivity (Wildman–Crippen MR) is 80.3 cm³/mol. The number of aliphatic carboxylic acids is 1. The molecule has 2 N–H and O–H groups in total. The zero-order chi connectivity index (χ0) is 15.2. The molecule has 0 bridgehead atoms. The number of hydrogen-bond acceptors (Lipinski definition) is 4. The van der Waals surface area contributed by atoms with Crippen LogP contribution in [0.2, 0.25) is 0 Å². The molecule has 0 aromatic heterocycles. The van der Waals surface area contributed by atoms with Gasteiger partial charge in [-0.2, -0.15) is 0 Å². The summed E-state index contributed by atoms with van der Waals surface area (Å²) in [6.45, 7) is 0.566. The quantitative estimate of drug-likeness (QED) is 0.809. The lowest BCUT2D eigenvalue weighted by molar-refractivity contribution is -0.133. The summed E-state index contributed by atoms with van der Waals surface area (Å²) in [4.78, 5) is 35.9. The maximum absolute atomic E-state index is 12.2. The van der Waals surface area contributed by atoms with Crippen molar-refractivity contribution in [1.82, 2.24) is 5.32 Å². The van der Waals surface area contributed by atoms with E-state index in [9.17, 15) is 14.4 Å². The molecule has 1 aromatic rings. The van der Waals surface area contributed by atoms with Gasteiger partial charge in [-0.1, -0.05) is 18.2 Å². The molecule has 0 aliphatic carbocycles. The first kappa shape index (κ1) is 15.4. The lowest BCUT2D eigenvalue weighted by Gasteiger charge is -2.17. The van der Waals surface area contributed by atoms with E-state index in [1.807, 2.05) is 30.3 Å². The van der Waals surface area contributed by atoms with Crippen LogP contribution in [0.15, 0.2) is 30.3 Å². The summed E-state index contributed by atoms with van der Waals surface area (Å²) in [5, 5.41) is 11.2. The van der Waals surface area contributed by atoms with Crippen LogP contribution in [0.25, 0.3) is 0 Å². The highest BCUT2D eigenvalue weighted by Crippen LogP contribution is 2.21. The van der Waals surface area contributed by atoms with Crippen LogP contribution in [-0.2, 0) is 14.4 Å². The molecule has 0 radical (unpaired) electrons. The molecule has 1 fully saturated rings. The standard InChI is InChI=1S/C14H16N2O4S/c17-12(8-21-9-13(18)19)15-11-6-7-16(14(11)20)10-4-2-1-3-5-10/h1-5,11H,6-9H2,(H,15,17)(H,18,19). The van der Waals surface area contributed by atoms with Crippen molar-refractivity contribution >= 4 is 35.2 Å². The minimum atomic E-state index is -0.958. The van der Waals surface area contributed by atoms with E-state index in [2.05, 4.69) is 5.32 Å². The van der Waals surface area contributed by atoms with Crippen LogP contribution in [0, 0.1) is 0 Å². The first-order chi connectivity index (χ1) is 10.1. The fourth-order valence-corrected chi connectivity index (χ4v) is 2.69. The van der Waals surface area contributed by atoms with Gasteiger partial charge in [0, 0.05) is 12.2 Å². The maximum Gasteiger partial charge on any atom is 0.313 e. The number of anilines is 1. The third-order valence-electron chi connectivity index (χ3n) is 3.07. The Morgan fingerprint density at radius 3 is 2.67 bits per heavy atom. The van der Waals surface area contributed by atoms with Crippen LogP contribution < -0.4 is 10.2 Å². The van der Waals surface area contributed by atoms with Crippen molar-refractivity contribution in [2.75, 3.05) is 23.0 Å². The second-order valence-electron chi connectivity index (χ2n) is 4.62. The molecule has 1 unspecified atom stereocenters. The maximum atomic E-state index is 12.2.